The molecule has 1 aliphatic carbocycles. The molecule has 0 aromatic heterocycles. The molecule has 0 bridgehead atoms. The van der Waals surface area contributed by atoms with E-state index in [1.165, 1.54) is 0 Å². The van der Waals surface area contributed by atoms with E-state index in [-0.39, 0.29) is 17.7 Å². The van der Waals surface area contributed by atoms with E-state index < -0.39 is 0 Å². The van der Waals surface area contributed by atoms with Gasteiger partial charge in [-0.3, -0.25) is 10.2 Å². The van der Waals surface area contributed by atoms with E-state index in [4.69, 9.17) is 0 Å². The van der Waals surface area contributed by atoms with Crippen molar-refractivity contribution in [2.75, 3.05) is 5.43 Å². The van der Waals surface area contributed by atoms with Crippen LogP contribution in [0, 0.1) is 5.92 Å². The van der Waals surface area contributed by atoms with Gasteiger partial charge in [0.1, 0.15) is 0 Å². The molecular formula is C21H18N2O. The molecule has 1 amide bonds. The highest BCUT2D eigenvalue weighted by Crippen LogP contribution is 2.42. The molecule has 0 radical (unpaired) electrons. The average Bonchev–Trinajstić information content (AvgIpc) is 2.79. The van der Waals surface area contributed by atoms with Crippen LogP contribution in [0.1, 0.15) is 11.5 Å². The highest BCUT2D eigenvalue weighted by molar-refractivity contribution is 5.91. The molecule has 0 saturated carbocycles. The van der Waals surface area contributed by atoms with Crippen molar-refractivity contribution >= 4 is 11.6 Å². The van der Waals surface area contributed by atoms with Crippen molar-refractivity contribution in [2.45, 2.75) is 5.92 Å². The van der Waals surface area contributed by atoms with Crippen molar-refractivity contribution in [2.24, 2.45) is 5.92 Å². The SMILES string of the molecule is O=C1[C@@H](c2ccccc2)[C@@H]2C=CC=CC=C2N1Nc1ccccc1. The minimum Gasteiger partial charge on any atom is -0.292 e. The summed E-state index contributed by atoms with van der Waals surface area (Å²) in [4.78, 5) is 13.2. The van der Waals surface area contributed by atoms with Crippen LogP contribution in [-0.4, -0.2) is 10.9 Å². The van der Waals surface area contributed by atoms with Gasteiger partial charge in [0.25, 0.3) is 5.91 Å². The highest BCUT2D eigenvalue weighted by atomic mass is 16.2. The molecule has 2 aromatic rings. The Morgan fingerprint density at radius 2 is 1.54 bits per heavy atom. The van der Waals surface area contributed by atoms with Crippen LogP contribution < -0.4 is 5.43 Å². The summed E-state index contributed by atoms with van der Waals surface area (Å²) < 4.78 is 0. The molecule has 2 aromatic carbocycles. The highest BCUT2D eigenvalue weighted by Gasteiger charge is 2.44. The Bertz CT molecular complexity index is 821. The number of hydrogen-bond donors (Lipinski definition) is 1. The minimum atomic E-state index is -0.204. The Morgan fingerprint density at radius 3 is 2.29 bits per heavy atom. The molecule has 118 valence electrons. The molecule has 3 heteroatoms. The van der Waals surface area contributed by atoms with Crippen LogP contribution in [0.4, 0.5) is 5.69 Å². The number of amides is 1. The maximum absolute atomic E-state index is 13.2. The first kappa shape index (κ1) is 14.5. The summed E-state index contributed by atoms with van der Waals surface area (Å²) in [7, 11) is 0. The van der Waals surface area contributed by atoms with E-state index in [2.05, 4.69) is 11.5 Å². The molecule has 1 fully saturated rings. The summed E-state index contributed by atoms with van der Waals surface area (Å²) in [5.41, 5.74) is 6.18. The number of rotatable bonds is 3. The summed E-state index contributed by atoms with van der Waals surface area (Å²) in [5.74, 6) is -0.0998. The number of anilines is 1. The maximum atomic E-state index is 13.2. The summed E-state index contributed by atoms with van der Waals surface area (Å²) in [6.07, 6.45) is 10.1. The first-order valence-electron chi connectivity index (χ1n) is 8.10. The number of para-hydroxylation sites is 1. The second-order valence-corrected chi connectivity index (χ2v) is 5.93. The maximum Gasteiger partial charge on any atom is 0.253 e. The fourth-order valence-corrected chi connectivity index (χ4v) is 3.31. The number of fused-ring (bicyclic) bond motifs is 1. The minimum absolute atomic E-state index is 0.0334. The molecule has 3 nitrogen and oxygen atoms in total. The van der Waals surface area contributed by atoms with Crippen LogP contribution >= 0.6 is 0 Å². The van der Waals surface area contributed by atoms with Crippen molar-refractivity contribution in [3.05, 3.63) is 102 Å². The van der Waals surface area contributed by atoms with E-state index in [1.807, 2.05) is 85.0 Å². The largest absolute Gasteiger partial charge is 0.292 e. The molecule has 2 atom stereocenters. The Kier molecular flexibility index (Phi) is 3.75. The van der Waals surface area contributed by atoms with Gasteiger partial charge in [-0.05, 0) is 23.8 Å². The Balaban J connectivity index is 1.74. The lowest BCUT2D eigenvalue weighted by Crippen LogP contribution is -2.31. The molecule has 1 saturated heterocycles. The third-order valence-electron chi connectivity index (χ3n) is 4.43. The van der Waals surface area contributed by atoms with Gasteiger partial charge in [0.05, 0.1) is 17.3 Å². The van der Waals surface area contributed by atoms with Gasteiger partial charge in [-0.15, -0.1) is 0 Å². The first-order chi connectivity index (χ1) is 11.8. The lowest BCUT2D eigenvalue weighted by molar-refractivity contribution is -0.127. The molecule has 2 aliphatic rings. The van der Waals surface area contributed by atoms with Gasteiger partial charge in [-0.1, -0.05) is 72.8 Å². The quantitative estimate of drug-likeness (QED) is 0.918. The molecular weight excluding hydrogens is 296 g/mol. The number of benzene rings is 2. The van der Waals surface area contributed by atoms with Gasteiger partial charge >= 0.3 is 0 Å². The van der Waals surface area contributed by atoms with Crippen molar-refractivity contribution in [1.29, 1.82) is 0 Å². The predicted molar refractivity (Wildman–Crippen MR) is 95.9 cm³/mol. The van der Waals surface area contributed by atoms with Crippen LogP contribution in [0.5, 0.6) is 0 Å². The van der Waals surface area contributed by atoms with E-state index in [0.717, 1.165) is 16.9 Å². The van der Waals surface area contributed by atoms with Crippen molar-refractivity contribution in [3.63, 3.8) is 0 Å². The van der Waals surface area contributed by atoms with Crippen LogP contribution in [0.3, 0.4) is 0 Å². The zero-order chi connectivity index (χ0) is 16.4. The topological polar surface area (TPSA) is 32.3 Å². The molecule has 24 heavy (non-hydrogen) atoms. The summed E-state index contributed by atoms with van der Waals surface area (Å²) in [6, 6.07) is 19.8. The predicted octanol–water partition coefficient (Wildman–Crippen LogP) is 4.27. The second-order valence-electron chi connectivity index (χ2n) is 5.93. The zero-order valence-corrected chi connectivity index (χ0v) is 13.2. The van der Waals surface area contributed by atoms with Crippen LogP contribution in [0.2, 0.25) is 0 Å². The number of carbonyl (C=O) groups is 1. The molecule has 1 N–H and O–H groups in total. The third-order valence-corrected chi connectivity index (χ3v) is 4.43. The Hall–Kier alpha value is -3.07. The lowest BCUT2D eigenvalue weighted by Gasteiger charge is -2.21. The van der Waals surface area contributed by atoms with Crippen molar-refractivity contribution in [1.82, 2.24) is 5.01 Å². The third kappa shape index (κ3) is 2.54. The van der Waals surface area contributed by atoms with Crippen LogP contribution in [-0.2, 0) is 4.79 Å². The average molecular weight is 314 g/mol. The lowest BCUT2D eigenvalue weighted by atomic mass is 9.87. The first-order valence-corrected chi connectivity index (χ1v) is 8.10. The monoisotopic (exact) mass is 314 g/mol. The van der Waals surface area contributed by atoms with Crippen LogP contribution in [0.25, 0.3) is 0 Å². The number of carbonyl (C=O) groups excluding carboxylic acids is 1. The summed E-state index contributed by atoms with van der Waals surface area (Å²) in [5, 5.41) is 1.69. The zero-order valence-electron chi connectivity index (χ0n) is 13.2. The summed E-state index contributed by atoms with van der Waals surface area (Å²) >= 11 is 0. The number of hydrogen-bond acceptors (Lipinski definition) is 2. The van der Waals surface area contributed by atoms with Crippen molar-refractivity contribution in [3.8, 4) is 0 Å². The second kappa shape index (κ2) is 6.20. The van der Waals surface area contributed by atoms with Crippen molar-refractivity contribution < 1.29 is 4.79 Å². The normalized spacial score (nSPS) is 22.1. The van der Waals surface area contributed by atoms with E-state index in [1.54, 1.807) is 5.01 Å². The Labute approximate surface area is 141 Å². The fraction of sp³-hybridized carbons (Fsp3) is 0.0952. The molecule has 1 aliphatic heterocycles. The number of hydrazine groups is 1. The standard InChI is InChI=1S/C21H18N2O/c24-21-20(16-10-4-1-5-11-16)18-14-8-3-9-15-19(18)23(21)22-17-12-6-2-7-13-17/h1-15,18,20,22H/t18-,20+/m1/s1. The Morgan fingerprint density at radius 1 is 0.833 bits per heavy atom. The van der Waals surface area contributed by atoms with E-state index >= 15 is 0 Å². The number of nitrogens with zero attached hydrogens (tertiary/aromatic N) is 1. The van der Waals surface area contributed by atoms with Gasteiger partial charge in [-0.25, -0.2) is 5.01 Å². The van der Waals surface area contributed by atoms with Gasteiger partial charge in [0.15, 0.2) is 0 Å². The molecule has 1 heterocycles. The van der Waals surface area contributed by atoms with Gasteiger partial charge < -0.3 is 0 Å². The van der Waals surface area contributed by atoms with Gasteiger partial charge in [-0.2, -0.15) is 0 Å². The summed E-state index contributed by atoms with van der Waals surface area (Å²) in [6.45, 7) is 0. The van der Waals surface area contributed by atoms with Crippen LogP contribution in [0.15, 0.2) is 96.7 Å². The smallest absolute Gasteiger partial charge is 0.253 e. The van der Waals surface area contributed by atoms with E-state index in [9.17, 15) is 4.79 Å². The molecule has 4 rings (SSSR count). The van der Waals surface area contributed by atoms with E-state index in [0.29, 0.717) is 0 Å². The molecule has 0 spiro atoms. The molecule has 0 unspecified atom stereocenters. The fourth-order valence-electron chi connectivity index (χ4n) is 3.31. The van der Waals surface area contributed by atoms with Gasteiger partial charge in [0, 0.05) is 5.92 Å². The van der Waals surface area contributed by atoms with Gasteiger partial charge in [0.2, 0.25) is 0 Å². The number of nitrogens with one attached hydrogen (secondary N) is 1. The number of allylic oxidation sites excluding steroid dienone is 5.